The first-order valence-electron chi connectivity index (χ1n) is 8.90. The number of hydrogen-bond acceptors (Lipinski definition) is 3. The standard InChI is InChI=1S/C18H35NO2/c1-5-10-19-16(17(2,3)4)7-6-15-8-11-21-18(13-15)9-12-20-14-18/h15-16,19H,5-14H2,1-4H3. The molecule has 3 nitrogen and oxygen atoms in total. The molecule has 124 valence electrons. The van der Waals surface area contributed by atoms with Gasteiger partial charge in [0, 0.05) is 25.7 Å². The minimum absolute atomic E-state index is 0.0665. The topological polar surface area (TPSA) is 30.5 Å². The third kappa shape index (κ3) is 4.94. The van der Waals surface area contributed by atoms with Gasteiger partial charge in [-0.25, -0.2) is 0 Å². The predicted octanol–water partition coefficient (Wildman–Crippen LogP) is 3.77. The van der Waals surface area contributed by atoms with E-state index in [0.29, 0.717) is 11.5 Å². The van der Waals surface area contributed by atoms with Crippen molar-refractivity contribution in [3.05, 3.63) is 0 Å². The van der Waals surface area contributed by atoms with E-state index in [1.807, 2.05) is 0 Å². The van der Waals surface area contributed by atoms with Crippen LogP contribution in [0.1, 0.15) is 66.2 Å². The van der Waals surface area contributed by atoms with Crippen LogP contribution in [0, 0.1) is 11.3 Å². The van der Waals surface area contributed by atoms with Crippen LogP contribution in [0.4, 0.5) is 0 Å². The zero-order chi connectivity index (χ0) is 15.3. The average molecular weight is 297 g/mol. The number of hydrogen-bond donors (Lipinski definition) is 1. The van der Waals surface area contributed by atoms with E-state index >= 15 is 0 Å². The lowest BCUT2D eigenvalue weighted by molar-refractivity contribution is -0.0994. The first-order valence-corrected chi connectivity index (χ1v) is 8.90. The first-order chi connectivity index (χ1) is 9.95. The van der Waals surface area contributed by atoms with Crippen LogP contribution in [-0.4, -0.2) is 38.0 Å². The Bertz CT molecular complexity index is 305. The third-order valence-electron chi connectivity index (χ3n) is 5.21. The van der Waals surface area contributed by atoms with E-state index in [2.05, 4.69) is 33.0 Å². The van der Waals surface area contributed by atoms with Gasteiger partial charge in [-0.1, -0.05) is 27.7 Å². The largest absolute Gasteiger partial charge is 0.378 e. The predicted molar refractivity (Wildman–Crippen MR) is 87.6 cm³/mol. The third-order valence-corrected chi connectivity index (χ3v) is 5.21. The monoisotopic (exact) mass is 297 g/mol. The lowest BCUT2D eigenvalue weighted by Gasteiger charge is -2.39. The Hall–Kier alpha value is -0.120. The van der Waals surface area contributed by atoms with E-state index in [9.17, 15) is 0 Å². The van der Waals surface area contributed by atoms with Gasteiger partial charge in [0.05, 0.1) is 12.2 Å². The molecule has 3 unspecified atom stereocenters. The fourth-order valence-corrected chi connectivity index (χ4v) is 3.80. The number of ether oxygens (including phenoxy) is 2. The Labute approximate surface area is 131 Å². The summed E-state index contributed by atoms with van der Waals surface area (Å²) in [6.07, 6.45) is 7.35. The SMILES string of the molecule is CCCNC(CCC1CCOC2(CCOC2)C1)C(C)(C)C. The molecule has 0 aliphatic carbocycles. The minimum Gasteiger partial charge on any atom is -0.378 e. The van der Waals surface area contributed by atoms with Crippen LogP contribution < -0.4 is 5.32 Å². The summed E-state index contributed by atoms with van der Waals surface area (Å²) in [5, 5.41) is 3.75. The Morgan fingerprint density at radius 2 is 2.10 bits per heavy atom. The molecule has 2 saturated heterocycles. The van der Waals surface area contributed by atoms with E-state index < -0.39 is 0 Å². The van der Waals surface area contributed by atoms with Gasteiger partial charge < -0.3 is 14.8 Å². The highest BCUT2D eigenvalue weighted by molar-refractivity contribution is 4.91. The van der Waals surface area contributed by atoms with Gasteiger partial charge in [-0.05, 0) is 50.0 Å². The Balaban J connectivity index is 1.82. The maximum atomic E-state index is 6.06. The molecule has 0 aromatic carbocycles. The fraction of sp³-hybridized carbons (Fsp3) is 1.00. The Kier molecular flexibility index (Phi) is 6.10. The number of rotatable bonds is 6. The van der Waals surface area contributed by atoms with Crippen LogP contribution in [0.5, 0.6) is 0 Å². The molecule has 2 heterocycles. The summed E-state index contributed by atoms with van der Waals surface area (Å²) >= 11 is 0. The van der Waals surface area contributed by atoms with Crippen molar-refractivity contribution in [1.29, 1.82) is 0 Å². The van der Waals surface area contributed by atoms with Crippen molar-refractivity contribution in [1.82, 2.24) is 5.32 Å². The highest BCUT2D eigenvalue weighted by Crippen LogP contribution is 2.38. The van der Waals surface area contributed by atoms with Gasteiger partial charge in [-0.3, -0.25) is 0 Å². The molecule has 21 heavy (non-hydrogen) atoms. The summed E-state index contributed by atoms with van der Waals surface area (Å²) in [5.41, 5.74) is 0.408. The van der Waals surface area contributed by atoms with E-state index in [4.69, 9.17) is 9.47 Å². The molecule has 0 bridgehead atoms. The van der Waals surface area contributed by atoms with Crippen molar-refractivity contribution in [3.8, 4) is 0 Å². The maximum Gasteiger partial charge on any atom is 0.0939 e. The second-order valence-electron chi connectivity index (χ2n) is 8.14. The minimum atomic E-state index is 0.0665. The molecule has 2 rings (SSSR count). The van der Waals surface area contributed by atoms with Crippen LogP contribution in [-0.2, 0) is 9.47 Å². The molecule has 0 amide bonds. The zero-order valence-electron chi connectivity index (χ0n) is 14.5. The van der Waals surface area contributed by atoms with Crippen LogP contribution in [0.25, 0.3) is 0 Å². The van der Waals surface area contributed by atoms with Gasteiger partial charge in [0.25, 0.3) is 0 Å². The summed E-state index contributed by atoms with van der Waals surface area (Å²) in [6.45, 7) is 13.1. The Morgan fingerprint density at radius 3 is 2.71 bits per heavy atom. The van der Waals surface area contributed by atoms with Gasteiger partial charge in [-0.15, -0.1) is 0 Å². The van der Waals surface area contributed by atoms with Crippen LogP contribution in [0.3, 0.4) is 0 Å². The summed E-state index contributed by atoms with van der Waals surface area (Å²) in [7, 11) is 0. The molecule has 3 atom stereocenters. The summed E-state index contributed by atoms with van der Waals surface area (Å²) < 4.78 is 11.6. The lowest BCUT2D eigenvalue weighted by Crippen LogP contribution is -2.43. The molecule has 0 aromatic heterocycles. The summed E-state index contributed by atoms with van der Waals surface area (Å²) in [6, 6.07) is 0.621. The fourth-order valence-electron chi connectivity index (χ4n) is 3.80. The van der Waals surface area contributed by atoms with Crippen molar-refractivity contribution in [2.45, 2.75) is 77.9 Å². The van der Waals surface area contributed by atoms with Gasteiger partial charge in [0.1, 0.15) is 0 Å². The highest BCUT2D eigenvalue weighted by atomic mass is 16.6. The highest BCUT2D eigenvalue weighted by Gasteiger charge is 2.41. The molecule has 2 aliphatic heterocycles. The molecule has 3 heteroatoms. The van der Waals surface area contributed by atoms with E-state index in [0.717, 1.165) is 38.7 Å². The normalized spacial score (nSPS) is 31.7. The number of nitrogens with one attached hydrogen (secondary N) is 1. The first kappa shape index (κ1) is 17.2. The maximum absolute atomic E-state index is 6.06. The van der Waals surface area contributed by atoms with E-state index in [1.165, 1.54) is 32.1 Å². The molecular formula is C18H35NO2. The molecule has 0 radical (unpaired) electrons. The smallest absolute Gasteiger partial charge is 0.0939 e. The van der Waals surface area contributed by atoms with Crippen LogP contribution in [0.2, 0.25) is 0 Å². The second-order valence-corrected chi connectivity index (χ2v) is 8.14. The molecule has 0 saturated carbocycles. The average Bonchev–Trinajstić information content (AvgIpc) is 2.85. The van der Waals surface area contributed by atoms with Gasteiger partial charge in [-0.2, -0.15) is 0 Å². The van der Waals surface area contributed by atoms with Crippen molar-refractivity contribution >= 4 is 0 Å². The quantitative estimate of drug-likeness (QED) is 0.809. The molecule has 1 spiro atoms. The van der Waals surface area contributed by atoms with Crippen molar-refractivity contribution in [3.63, 3.8) is 0 Å². The van der Waals surface area contributed by atoms with Crippen LogP contribution in [0.15, 0.2) is 0 Å². The Morgan fingerprint density at radius 1 is 1.29 bits per heavy atom. The lowest BCUT2D eigenvalue weighted by atomic mass is 9.78. The van der Waals surface area contributed by atoms with Gasteiger partial charge >= 0.3 is 0 Å². The molecular weight excluding hydrogens is 262 g/mol. The van der Waals surface area contributed by atoms with Gasteiger partial charge in [0.2, 0.25) is 0 Å². The van der Waals surface area contributed by atoms with E-state index in [1.54, 1.807) is 0 Å². The van der Waals surface area contributed by atoms with Crippen LogP contribution >= 0.6 is 0 Å². The van der Waals surface area contributed by atoms with Gasteiger partial charge in [0.15, 0.2) is 0 Å². The van der Waals surface area contributed by atoms with Crippen molar-refractivity contribution in [2.75, 3.05) is 26.4 Å². The van der Waals surface area contributed by atoms with Crippen molar-refractivity contribution < 1.29 is 9.47 Å². The zero-order valence-corrected chi connectivity index (χ0v) is 14.5. The summed E-state index contributed by atoms with van der Waals surface area (Å²) in [4.78, 5) is 0. The van der Waals surface area contributed by atoms with E-state index in [-0.39, 0.29) is 5.60 Å². The molecule has 0 aromatic rings. The summed E-state index contributed by atoms with van der Waals surface area (Å²) in [5.74, 6) is 0.814. The molecule has 2 aliphatic rings. The van der Waals surface area contributed by atoms with Crippen molar-refractivity contribution in [2.24, 2.45) is 11.3 Å². The molecule has 1 N–H and O–H groups in total. The second kappa shape index (κ2) is 7.43. The molecule has 2 fully saturated rings.